The van der Waals surface area contributed by atoms with Crippen molar-refractivity contribution in [3.8, 4) is 0 Å². The number of hydrogen-bond acceptors (Lipinski definition) is 4. The van der Waals surface area contributed by atoms with Crippen molar-refractivity contribution in [2.75, 3.05) is 11.4 Å². The Labute approximate surface area is 229 Å². The lowest BCUT2D eigenvalue weighted by molar-refractivity contribution is -0.143. The van der Waals surface area contributed by atoms with Crippen LogP contribution in [0.4, 0.5) is 50.0 Å². The SMILES string of the molecule is CC(=O)N(Cc1cc(C(F)(F)F)cc(C(F)(F)F)c1)C1CCCN(C(=O)OC(C)C)c2cc(C(F)(F)F)c(C)nc21. The summed E-state index contributed by atoms with van der Waals surface area (Å²) < 4.78 is 127. The first-order valence-electron chi connectivity index (χ1n) is 12.3. The maximum absolute atomic E-state index is 13.8. The predicted molar refractivity (Wildman–Crippen MR) is 128 cm³/mol. The van der Waals surface area contributed by atoms with Crippen molar-refractivity contribution in [2.45, 2.75) is 77.8 Å². The van der Waals surface area contributed by atoms with E-state index in [9.17, 15) is 49.1 Å². The summed E-state index contributed by atoms with van der Waals surface area (Å²) in [6, 6.07) is 0.386. The zero-order chi connectivity index (χ0) is 31.1. The van der Waals surface area contributed by atoms with Gasteiger partial charge in [0.25, 0.3) is 0 Å². The predicted octanol–water partition coefficient (Wildman–Crippen LogP) is 7.68. The summed E-state index contributed by atoms with van der Waals surface area (Å²) in [5, 5.41) is 0. The Hall–Kier alpha value is -3.52. The molecule has 1 aromatic heterocycles. The number of hydrogen-bond donors (Lipinski definition) is 0. The topological polar surface area (TPSA) is 62.7 Å². The van der Waals surface area contributed by atoms with Crippen LogP contribution in [0.25, 0.3) is 0 Å². The summed E-state index contributed by atoms with van der Waals surface area (Å²) in [4.78, 5) is 31.5. The van der Waals surface area contributed by atoms with Crippen LogP contribution in [0.1, 0.15) is 73.3 Å². The fraction of sp³-hybridized carbons (Fsp3) is 0.500. The highest BCUT2D eigenvalue weighted by Crippen LogP contribution is 2.42. The smallest absolute Gasteiger partial charge is 0.418 e. The number of ether oxygens (including phenoxy) is 1. The Morgan fingerprint density at radius 2 is 1.54 bits per heavy atom. The lowest BCUT2D eigenvalue weighted by Gasteiger charge is -2.32. The maximum Gasteiger partial charge on any atom is 0.418 e. The van der Waals surface area contributed by atoms with Crippen molar-refractivity contribution in [1.82, 2.24) is 9.88 Å². The van der Waals surface area contributed by atoms with Gasteiger partial charge >= 0.3 is 24.6 Å². The van der Waals surface area contributed by atoms with Gasteiger partial charge in [-0.25, -0.2) is 4.79 Å². The molecule has 6 nitrogen and oxygen atoms in total. The third kappa shape index (κ3) is 7.41. The first-order chi connectivity index (χ1) is 18.7. The van der Waals surface area contributed by atoms with Gasteiger partial charge < -0.3 is 9.64 Å². The van der Waals surface area contributed by atoms with Crippen molar-refractivity contribution >= 4 is 17.7 Å². The molecule has 1 atom stereocenters. The summed E-state index contributed by atoms with van der Waals surface area (Å²) in [6.07, 6.45) is -16.7. The molecule has 0 bridgehead atoms. The fourth-order valence-electron chi connectivity index (χ4n) is 4.57. The summed E-state index contributed by atoms with van der Waals surface area (Å²) >= 11 is 0. The van der Waals surface area contributed by atoms with Crippen LogP contribution in [0.3, 0.4) is 0 Å². The van der Waals surface area contributed by atoms with Gasteiger partial charge in [0, 0.05) is 20.0 Å². The molecule has 2 amide bonds. The van der Waals surface area contributed by atoms with Gasteiger partial charge in [-0.2, -0.15) is 39.5 Å². The largest absolute Gasteiger partial charge is 0.446 e. The van der Waals surface area contributed by atoms with Crippen molar-refractivity contribution in [3.63, 3.8) is 0 Å². The van der Waals surface area contributed by atoms with Crippen LogP contribution in [0.2, 0.25) is 0 Å². The molecule has 0 radical (unpaired) electrons. The van der Waals surface area contributed by atoms with Gasteiger partial charge in [-0.05, 0) is 63.4 Å². The number of aromatic nitrogens is 1. The number of amides is 2. The monoisotopic (exact) mass is 599 g/mol. The minimum atomic E-state index is -5.13. The molecule has 0 fully saturated rings. The minimum Gasteiger partial charge on any atom is -0.446 e. The highest BCUT2D eigenvalue weighted by Gasteiger charge is 2.40. The lowest BCUT2D eigenvalue weighted by Crippen LogP contribution is -2.36. The molecule has 226 valence electrons. The number of carbonyl (C=O) groups excluding carboxylic acids is 2. The van der Waals surface area contributed by atoms with Gasteiger partial charge in [-0.1, -0.05) is 0 Å². The maximum atomic E-state index is 13.8. The number of fused-ring (bicyclic) bond motifs is 1. The Morgan fingerprint density at radius 3 is 2.00 bits per heavy atom. The Balaban J connectivity index is 2.19. The van der Waals surface area contributed by atoms with Gasteiger partial charge in [0.1, 0.15) is 0 Å². The third-order valence-electron chi connectivity index (χ3n) is 6.33. The molecule has 0 spiro atoms. The van der Waals surface area contributed by atoms with Crippen molar-refractivity contribution in [1.29, 1.82) is 0 Å². The molecule has 1 aliphatic heterocycles. The van der Waals surface area contributed by atoms with E-state index in [1.54, 1.807) is 0 Å². The molecule has 41 heavy (non-hydrogen) atoms. The standard InChI is InChI=1S/C26H26F9N3O3/c1-13(2)41-23(40)37-7-5-6-20(22-21(37)11-19(14(3)36-22)26(33,34)35)38(15(4)39)12-16-8-17(24(27,28)29)10-18(9-16)25(30,31)32/h8-11,13,20H,5-7,12H2,1-4H3. The molecule has 0 saturated carbocycles. The molecule has 0 N–H and O–H groups in total. The second-order valence-electron chi connectivity index (χ2n) is 9.83. The van der Waals surface area contributed by atoms with Crippen LogP contribution in [0, 0.1) is 6.92 Å². The lowest BCUT2D eigenvalue weighted by atomic mass is 10.00. The van der Waals surface area contributed by atoms with E-state index in [1.165, 1.54) is 13.8 Å². The number of pyridine rings is 1. The van der Waals surface area contributed by atoms with Gasteiger partial charge in [0.15, 0.2) is 0 Å². The van der Waals surface area contributed by atoms with Gasteiger partial charge in [0.2, 0.25) is 5.91 Å². The van der Waals surface area contributed by atoms with E-state index < -0.39 is 77.2 Å². The molecule has 0 saturated heterocycles. The summed E-state index contributed by atoms with van der Waals surface area (Å²) in [5.74, 6) is -0.788. The summed E-state index contributed by atoms with van der Waals surface area (Å²) in [6.45, 7) is 4.23. The van der Waals surface area contributed by atoms with Crippen LogP contribution >= 0.6 is 0 Å². The number of nitrogens with zero attached hydrogens (tertiary/aromatic N) is 3. The van der Waals surface area contributed by atoms with Crippen LogP contribution in [-0.2, 0) is 34.6 Å². The van der Waals surface area contributed by atoms with E-state index >= 15 is 0 Å². The van der Waals surface area contributed by atoms with Crippen LogP contribution < -0.4 is 4.90 Å². The van der Waals surface area contributed by atoms with Gasteiger partial charge in [0.05, 0.1) is 45.9 Å². The van der Waals surface area contributed by atoms with E-state index in [4.69, 9.17) is 4.74 Å². The highest BCUT2D eigenvalue weighted by atomic mass is 19.4. The number of anilines is 1. The molecule has 2 heterocycles. The van der Waals surface area contributed by atoms with E-state index in [0.29, 0.717) is 18.2 Å². The van der Waals surface area contributed by atoms with Crippen molar-refractivity contribution < 1.29 is 53.8 Å². The molecule has 3 rings (SSSR count). The molecular formula is C26H26F9N3O3. The Bertz CT molecular complexity index is 1270. The van der Waals surface area contributed by atoms with E-state index in [1.807, 2.05) is 0 Å². The molecule has 0 aliphatic carbocycles. The first-order valence-corrected chi connectivity index (χ1v) is 12.3. The Morgan fingerprint density at radius 1 is 0.976 bits per heavy atom. The van der Waals surface area contributed by atoms with Crippen molar-refractivity contribution in [2.24, 2.45) is 0 Å². The Kier molecular flexibility index (Phi) is 8.89. The summed E-state index contributed by atoms with van der Waals surface area (Å²) in [7, 11) is 0. The molecular weight excluding hydrogens is 573 g/mol. The first kappa shape index (κ1) is 32.0. The van der Waals surface area contributed by atoms with Gasteiger partial charge in [-0.3, -0.25) is 14.7 Å². The minimum absolute atomic E-state index is 0.0130. The molecule has 15 heteroatoms. The highest BCUT2D eigenvalue weighted by molar-refractivity contribution is 5.89. The zero-order valence-electron chi connectivity index (χ0n) is 22.3. The number of aryl methyl sites for hydroxylation is 1. The average molecular weight is 599 g/mol. The van der Waals surface area contributed by atoms with E-state index in [-0.39, 0.29) is 36.8 Å². The number of benzene rings is 1. The number of halogens is 9. The van der Waals surface area contributed by atoms with E-state index in [2.05, 4.69) is 4.98 Å². The fourth-order valence-corrected chi connectivity index (χ4v) is 4.57. The molecule has 1 aliphatic rings. The third-order valence-corrected chi connectivity index (χ3v) is 6.33. The second kappa shape index (κ2) is 11.4. The number of carbonyl (C=O) groups is 2. The normalized spacial score (nSPS) is 16.3. The van der Waals surface area contributed by atoms with Crippen LogP contribution in [-0.4, -0.2) is 34.5 Å². The molecule has 1 unspecified atom stereocenters. The van der Waals surface area contributed by atoms with Crippen LogP contribution in [0.15, 0.2) is 24.3 Å². The number of alkyl halides is 9. The molecule has 1 aromatic carbocycles. The molecule has 2 aromatic rings. The van der Waals surface area contributed by atoms with E-state index in [0.717, 1.165) is 23.6 Å². The zero-order valence-corrected chi connectivity index (χ0v) is 22.3. The quantitative estimate of drug-likeness (QED) is 0.339. The number of rotatable bonds is 4. The average Bonchev–Trinajstić information content (AvgIpc) is 2.98. The summed E-state index contributed by atoms with van der Waals surface area (Å²) in [5.41, 5.74) is -5.84. The van der Waals surface area contributed by atoms with Crippen molar-refractivity contribution in [3.05, 3.63) is 57.9 Å². The second-order valence-corrected chi connectivity index (χ2v) is 9.83. The van der Waals surface area contributed by atoms with Crippen LogP contribution in [0.5, 0.6) is 0 Å². The van der Waals surface area contributed by atoms with Gasteiger partial charge in [-0.15, -0.1) is 0 Å².